The summed E-state index contributed by atoms with van der Waals surface area (Å²) in [6.45, 7) is 5.09. The van der Waals surface area contributed by atoms with E-state index in [0.717, 1.165) is 27.6 Å². The third kappa shape index (κ3) is 3.80. The first kappa shape index (κ1) is 21.0. The molecule has 1 aromatic heterocycles. The summed E-state index contributed by atoms with van der Waals surface area (Å²) in [4.78, 5) is 29.2. The molecule has 1 atom stereocenters. The molecule has 2 heterocycles. The van der Waals surface area contributed by atoms with Gasteiger partial charge in [0.25, 0.3) is 5.91 Å². The third-order valence-electron chi connectivity index (χ3n) is 6.54. The molecule has 3 aromatic carbocycles. The predicted octanol–water partition coefficient (Wildman–Crippen LogP) is 4.68. The fourth-order valence-corrected chi connectivity index (χ4v) is 4.72. The lowest BCUT2D eigenvalue weighted by molar-refractivity contribution is -0.133. The van der Waals surface area contributed by atoms with Crippen LogP contribution in [0.25, 0.3) is 10.9 Å². The number of carbonyl (C=O) groups is 2. The van der Waals surface area contributed by atoms with Gasteiger partial charge in [0.2, 0.25) is 5.91 Å². The van der Waals surface area contributed by atoms with Crippen molar-refractivity contribution in [1.29, 1.82) is 0 Å². The molecule has 1 aliphatic heterocycles. The van der Waals surface area contributed by atoms with Crippen LogP contribution in [0.4, 0.5) is 0 Å². The molecule has 5 nitrogen and oxygen atoms in total. The van der Waals surface area contributed by atoms with Gasteiger partial charge in [-0.2, -0.15) is 0 Å². The molecule has 0 aliphatic carbocycles. The van der Waals surface area contributed by atoms with E-state index in [1.54, 1.807) is 4.90 Å². The first-order chi connectivity index (χ1) is 16.0. The van der Waals surface area contributed by atoms with Crippen LogP contribution in [-0.4, -0.2) is 26.8 Å². The Bertz CT molecular complexity index is 1340. The fraction of sp³-hybridized carbons (Fsp3) is 0.214. The zero-order valence-electron chi connectivity index (χ0n) is 18.9. The molecule has 0 saturated heterocycles. The minimum atomic E-state index is -1.04. The fourth-order valence-electron chi connectivity index (χ4n) is 4.72. The van der Waals surface area contributed by atoms with Crippen LogP contribution in [0, 0.1) is 6.92 Å². The molecule has 0 bridgehead atoms. The van der Waals surface area contributed by atoms with Crippen molar-refractivity contribution >= 4 is 22.7 Å². The second-order valence-corrected chi connectivity index (χ2v) is 9.00. The van der Waals surface area contributed by atoms with E-state index in [2.05, 4.69) is 11.4 Å². The van der Waals surface area contributed by atoms with Crippen molar-refractivity contribution < 1.29 is 9.59 Å². The number of nitrogens with zero attached hydrogens (tertiary/aromatic N) is 2. The molecule has 2 amide bonds. The van der Waals surface area contributed by atoms with Crippen molar-refractivity contribution in [2.24, 2.45) is 0 Å². The highest BCUT2D eigenvalue weighted by Crippen LogP contribution is 2.33. The largest absolute Gasteiger partial charge is 0.350 e. The van der Waals surface area contributed by atoms with Gasteiger partial charge in [0, 0.05) is 24.0 Å². The quantitative estimate of drug-likeness (QED) is 0.493. The molecule has 0 saturated carbocycles. The molecule has 5 heteroatoms. The number of benzene rings is 3. The average Bonchev–Trinajstić information content (AvgIpc) is 3.19. The maximum atomic E-state index is 13.8. The number of hydrogen-bond acceptors (Lipinski definition) is 2. The van der Waals surface area contributed by atoms with Gasteiger partial charge in [-0.1, -0.05) is 78.4 Å². The smallest absolute Gasteiger partial charge is 0.271 e. The van der Waals surface area contributed by atoms with Crippen LogP contribution in [0.5, 0.6) is 0 Å². The first-order valence-electron chi connectivity index (χ1n) is 11.2. The van der Waals surface area contributed by atoms with Crippen LogP contribution in [0.15, 0.2) is 84.9 Å². The Morgan fingerprint density at radius 1 is 0.939 bits per heavy atom. The molecule has 4 aromatic rings. The Morgan fingerprint density at radius 2 is 1.67 bits per heavy atom. The average molecular weight is 438 g/mol. The molecule has 1 aliphatic rings. The van der Waals surface area contributed by atoms with Crippen molar-refractivity contribution in [3.05, 3.63) is 107 Å². The minimum absolute atomic E-state index is 0.128. The normalized spacial score (nSPS) is 17.8. The van der Waals surface area contributed by atoms with Gasteiger partial charge in [0.1, 0.15) is 11.2 Å². The number of fused-ring (bicyclic) bond motifs is 3. The predicted molar refractivity (Wildman–Crippen MR) is 130 cm³/mol. The van der Waals surface area contributed by atoms with Gasteiger partial charge in [-0.15, -0.1) is 0 Å². The second kappa shape index (κ2) is 8.24. The molecule has 5 rings (SSSR count). The Hall–Kier alpha value is -3.86. The van der Waals surface area contributed by atoms with E-state index in [4.69, 9.17) is 0 Å². The molecule has 166 valence electrons. The molecule has 0 radical (unpaired) electrons. The number of aryl methyl sites for hydroxylation is 1. The van der Waals surface area contributed by atoms with Gasteiger partial charge in [0.15, 0.2) is 0 Å². The highest BCUT2D eigenvalue weighted by molar-refractivity contribution is 6.03. The molecular weight excluding hydrogens is 410 g/mol. The van der Waals surface area contributed by atoms with Crippen LogP contribution in [0.3, 0.4) is 0 Å². The van der Waals surface area contributed by atoms with Crippen LogP contribution in [0.2, 0.25) is 0 Å². The van der Waals surface area contributed by atoms with E-state index in [1.165, 1.54) is 0 Å². The first-order valence-corrected chi connectivity index (χ1v) is 11.2. The summed E-state index contributed by atoms with van der Waals surface area (Å²) in [5.74, 6) is -0.285. The maximum absolute atomic E-state index is 13.8. The van der Waals surface area contributed by atoms with Crippen molar-refractivity contribution in [3.8, 4) is 0 Å². The lowest BCUT2D eigenvalue weighted by Crippen LogP contribution is -2.63. The maximum Gasteiger partial charge on any atom is 0.271 e. The van der Waals surface area contributed by atoms with Crippen LogP contribution >= 0.6 is 0 Å². The lowest BCUT2D eigenvalue weighted by Gasteiger charge is -2.44. The Kier molecular flexibility index (Phi) is 5.25. The number of para-hydroxylation sites is 1. The summed E-state index contributed by atoms with van der Waals surface area (Å²) in [5, 5.41) is 4.09. The number of carbonyl (C=O) groups excluding carboxylic acids is 2. The number of amides is 2. The summed E-state index contributed by atoms with van der Waals surface area (Å²) >= 11 is 0. The molecular formula is C28H27N3O2. The zero-order valence-corrected chi connectivity index (χ0v) is 18.9. The Labute approximate surface area is 193 Å². The topological polar surface area (TPSA) is 54.3 Å². The van der Waals surface area contributed by atoms with E-state index in [-0.39, 0.29) is 11.8 Å². The summed E-state index contributed by atoms with van der Waals surface area (Å²) in [5.41, 5.74) is 3.71. The SMILES string of the molecule is Cc1cccc(CN2C(=O)c3cc4ccccc4n3C[C@]2(C)C(=O)NCc2ccccc2)c1. The number of rotatable bonds is 5. The Morgan fingerprint density at radius 3 is 2.45 bits per heavy atom. The van der Waals surface area contributed by atoms with Crippen LogP contribution < -0.4 is 5.32 Å². The Balaban J connectivity index is 1.54. The molecule has 0 spiro atoms. The van der Waals surface area contributed by atoms with Gasteiger partial charge in [-0.25, -0.2) is 0 Å². The summed E-state index contributed by atoms with van der Waals surface area (Å²) in [6, 6.07) is 27.8. The van der Waals surface area contributed by atoms with Gasteiger partial charge in [0.05, 0.1) is 6.54 Å². The summed E-state index contributed by atoms with van der Waals surface area (Å²) < 4.78 is 1.99. The highest BCUT2D eigenvalue weighted by atomic mass is 16.2. The van der Waals surface area contributed by atoms with Gasteiger partial charge < -0.3 is 14.8 Å². The standard InChI is InChI=1S/C28H27N3O2/c1-20-9-8-12-22(15-20)18-31-26(32)25-16-23-13-6-7-14-24(23)30(25)19-28(31,2)27(33)29-17-21-10-4-3-5-11-21/h3-16H,17-19H2,1-2H3,(H,29,33)/t28-/m1/s1. The van der Waals surface area contributed by atoms with Crippen molar-refractivity contribution in [2.45, 2.75) is 39.0 Å². The molecule has 0 unspecified atom stereocenters. The van der Waals surface area contributed by atoms with Gasteiger partial charge in [-0.3, -0.25) is 9.59 Å². The van der Waals surface area contributed by atoms with Gasteiger partial charge in [-0.05, 0) is 37.1 Å². The van der Waals surface area contributed by atoms with Crippen molar-refractivity contribution in [2.75, 3.05) is 0 Å². The van der Waals surface area contributed by atoms with E-state index in [1.807, 2.05) is 97.3 Å². The lowest BCUT2D eigenvalue weighted by atomic mass is 9.93. The van der Waals surface area contributed by atoms with E-state index in [0.29, 0.717) is 25.3 Å². The molecule has 33 heavy (non-hydrogen) atoms. The van der Waals surface area contributed by atoms with E-state index >= 15 is 0 Å². The van der Waals surface area contributed by atoms with Crippen molar-refractivity contribution in [3.63, 3.8) is 0 Å². The number of aromatic nitrogens is 1. The zero-order chi connectivity index (χ0) is 23.0. The highest BCUT2D eigenvalue weighted by Gasteiger charge is 2.47. The molecule has 0 fully saturated rings. The number of nitrogens with one attached hydrogen (secondary N) is 1. The van der Waals surface area contributed by atoms with Crippen molar-refractivity contribution in [1.82, 2.24) is 14.8 Å². The molecule has 1 N–H and O–H groups in total. The van der Waals surface area contributed by atoms with E-state index in [9.17, 15) is 9.59 Å². The van der Waals surface area contributed by atoms with Gasteiger partial charge >= 0.3 is 0 Å². The summed E-state index contributed by atoms with van der Waals surface area (Å²) in [6.07, 6.45) is 0. The summed E-state index contributed by atoms with van der Waals surface area (Å²) in [7, 11) is 0. The number of hydrogen-bond donors (Lipinski definition) is 1. The minimum Gasteiger partial charge on any atom is -0.350 e. The van der Waals surface area contributed by atoms with Crippen LogP contribution in [-0.2, 0) is 24.4 Å². The van der Waals surface area contributed by atoms with E-state index < -0.39 is 5.54 Å². The second-order valence-electron chi connectivity index (χ2n) is 9.00. The van der Waals surface area contributed by atoms with Crippen LogP contribution in [0.1, 0.15) is 34.1 Å². The monoisotopic (exact) mass is 437 g/mol. The third-order valence-corrected chi connectivity index (χ3v) is 6.54.